The third kappa shape index (κ3) is 9.20. The van der Waals surface area contributed by atoms with Gasteiger partial charge < -0.3 is 26.6 Å². The standard InChI is InChI=1S/C20H29N3O6/c1-12(2)10-16(19(27)22-15(20(28)29)8-9-17(24)25)23-18(26)14(21)11-13-6-4-3-5-7-13/h3-7,12,14-16H,8-11,21H2,1-2H3,(H,22,27)(H,23,26)(H,24,25)(H,28,29). The molecule has 160 valence electrons. The lowest BCUT2D eigenvalue weighted by Crippen LogP contribution is -2.55. The number of carbonyl (C=O) groups is 4. The molecule has 0 radical (unpaired) electrons. The maximum Gasteiger partial charge on any atom is 0.326 e. The van der Waals surface area contributed by atoms with Crippen molar-refractivity contribution in [2.45, 2.75) is 57.7 Å². The van der Waals surface area contributed by atoms with Crippen LogP contribution in [0, 0.1) is 5.92 Å². The zero-order valence-electron chi connectivity index (χ0n) is 16.6. The number of amides is 2. The summed E-state index contributed by atoms with van der Waals surface area (Å²) in [7, 11) is 0. The predicted octanol–water partition coefficient (Wildman–Crippen LogP) is 0.522. The Morgan fingerprint density at radius 2 is 1.55 bits per heavy atom. The van der Waals surface area contributed by atoms with E-state index in [1.54, 1.807) is 0 Å². The van der Waals surface area contributed by atoms with Crippen molar-refractivity contribution in [2.24, 2.45) is 11.7 Å². The van der Waals surface area contributed by atoms with Gasteiger partial charge in [-0.3, -0.25) is 14.4 Å². The van der Waals surface area contributed by atoms with Crippen LogP contribution in [0.5, 0.6) is 0 Å². The maximum atomic E-state index is 12.6. The van der Waals surface area contributed by atoms with Crippen LogP contribution in [0.15, 0.2) is 30.3 Å². The van der Waals surface area contributed by atoms with Crippen molar-refractivity contribution in [3.05, 3.63) is 35.9 Å². The minimum Gasteiger partial charge on any atom is -0.481 e. The SMILES string of the molecule is CC(C)CC(NC(=O)C(N)Cc1ccccc1)C(=O)NC(CCC(=O)O)C(=O)O. The van der Waals surface area contributed by atoms with Crippen LogP contribution in [-0.2, 0) is 25.6 Å². The van der Waals surface area contributed by atoms with E-state index >= 15 is 0 Å². The molecule has 0 saturated heterocycles. The van der Waals surface area contributed by atoms with E-state index in [1.807, 2.05) is 44.2 Å². The van der Waals surface area contributed by atoms with Gasteiger partial charge in [0.15, 0.2) is 0 Å². The van der Waals surface area contributed by atoms with E-state index in [1.165, 1.54) is 0 Å². The van der Waals surface area contributed by atoms with Crippen LogP contribution in [0.2, 0.25) is 0 Å². The van der Waals surface area contributed by atoms with Crippen LogP contribution in [0.1, 0.15) is 38.7 Å². The van der Waals surface area contributed by atoms with Crippen LogP contribution in [-0.4, -0.2) is 52.1 Å². The van der Waals surface area contributed by atoms with Gasteiger partial charge in [0.05, 0.1) is 6.04 Å². The monoisotopic (exact) mass is 407 g/mol. The Morgan fingerprint density at radius 3 is 2.07 bits per heavy atom. The van der Waals surface area contributed by atoms with Gasteiger partial charge in [0.1, 0.15) is 12.1 Å². The Kier molecular flexibility index (Phi) is 9.81. The fourth-order valence-corrected chi connectivity index (χ4v) is 2.74. The van der Waals surface area contributed by atoms with E-state index in [0.29, 0.717) is 6.42 Å². The van der Waals surface area contributed by atoms with E-state index in [0.717, 1.165) is 5.56 Å². The molecule has 1 aromatic rings. The number of rotatable bonds is 12. The average molecular weight is 407 g/mol. The first-order valence-electron chi connectivity index (χ1n) is 9.45. The first-order chi connectivity index (χ1) is 13.6. The van der Waals surface area contributed by atoms with Gasteiger partial charge in [-0.1, -0.05) is 44.2 Å². The number of hydrogen-bond acceptors (Lipinski definition) is 5. The second-order valence-corrected chi connectivity index (χ2v) is 7.32. The number of nitrogens with one attached hydrogen (secondary N) is 2. The number of benzene rings is 1. The highest BCUT2D eigenvalue weighted by atomic mass is 16.4. The number of hydrogen-bond donors (Lipinski definition) is 5. The van der Waals surface area contributed by atoms with Crippen LogP contribution in [0.25, 0.3) is 0 Å². The molecule has 1 aromatic carbocycles. The lowest BCUT2D eigenvalue weighted by molar-refractivity contribution is -0.143. The van der Waals surface area contributed by atoms with E-state index in [4.69, 9.17) is 10.8 Å². The maximum absolute atomic E-state index is 12.6. The van der Waals surface area contributed by atoms with Crippen LogP contribution in [0.4, 0.5) is 0 Å². The molecule has 0 aliphatic rings. The molecule has 29 heavy (non-hydrogen) atoms. The van der Waals surface area contributed by atoms with Gasteiger partial charge in [-0.15, -0.1) is 0 Å². The summed E-state index contributed by atoms with van der Waals surface area (Å²) < 4.78 is 0. The van der Waals surface area contributed by atoms with Crippen molar-refractivity contribution in [3.8, 4) is 0 Å². The number of nitrogens with two attached hydrogens (primary N) is 1. The Hall–Kier alpha value is -2.94. The quantitative estimate of drug-likeness (QED) is 0.338. The Morgan fingerprint density at radius 1 is 0.966 bits per heavy atom. The van der Waals surface area contributed by atoms with Crippen molar-refractivity contribution >= 4 is 23.8 Å². The highest BCUT2D eigenvalue weighted by Crippen LogP contribution is 2.08. The number of aliphatic carboxylic acids is 2. The van der Waals surface area contributed by atoms with Crippen molar-refractivity contribution in [1.29, 1.82) is 0 Å². The largest absolute Gasteiger partial charge is 0.481 e. The average Bonchev–Trinajstić information content (AvgIpc) is 2.64. The molecule has 0 aliphatic heterocycles. The van der Waals surface area contributed by atoms with Gasteiger partial charge in [-0.2, -0.15) is 0 Å². The molecule has 6 N–H and O–H groups in total. The smallest absolute Gasteiger partial charge is 0.326 e. The number of carbonyl (C=O) groups excluding carboxylic acids is 2. The summed E-state index contributed by atoms with van der Waals surface area (Å²) in [4.78, 5) is 47.0. The molecule has 0 heterocycles. The molecule has 0 aliphatic carbocycles. The fourth-order valence-electron chi connectivity index (χ4n) is 2.74. The minimum absolute atomic E-state index is 0.0405. The van der Waals surface area contributed by atoms with E-state index < -0.39 is 48.3 Å². The van der Waals surface area contributed by atoms with Gasteiger partial charge in [-0.05, 0) is 30.7 Å². The molecule has 3 atom stereocenters. The summed E-state index contributed by atoms with van der Waals surface area (Å²) in [6, 6.07) is 5.98. The molecule has 9 heteroatoms. The first-order valence-corrected chi connectivity index (χ1v) is 9.45. The lowest BCUT2D eigenvalue weighted by Gasteiger charge is -2.24. The molecule has 1 rings (SSSR count). The van der Waals surface area contributed by atoms with Gasteiger partial charge in [0.2, 0.25) is 11.8 Å². The van der Waals surface area contributed by atoms with Crippen LogP contribution < -0.4 is 16.4 Å². The number of carboxylic acids is 2. The molecule has 3 unspecified atom stereocenters. The number of carboxylic acid groups (broad SMARTS) is 2. The Labute approximate surface area is 169 Å². The van der Waals surface area contributed by atoms with Crippen molar-refractivity contribution in [2.75, 3.05) is 0 Å². The second-order valence-electron chi connectivity index (χ2n) is 7.32. The molecular weight excluding hydrogens is 378 g/mol. The van der Waals surface area contributed by atoms with E-state index in [9.17, 15) is 24.3 Å². The van der Waals surface area contributed by atoms with Crippen molar-refractivity contribution in [3.63, 3.8) is 0 Å². The molecule has 0 saturated carbocycles. The van der Waals surface area contributed by atoms with Gasteiger partial charge in [0.25, 0.3) is 0 Å². The zero-order valence-corrected chi connectivity index (χ0v) is 16.6. The Bertz CT molecular complexity index is 707. The van der Waals surface area contributed by atoms with Gasteiger partial charge >= 0.3 is 11.9 Å². The van der Waals surface area contributed by atoms with E-state index in [2.05, 4.69) is 10.6 Å². The summed E-state index contributed by atoms with van der Waals surface area (Å²) in [6.45, 7) is 3.71. The summed E-state index contributed by atoms with van der Waals surface area (Å²) in [6.07, 6.45) is -0.0906. The summed E-state index contributed by atoms with van der Waals surface area (Å²) in [5.41, 5.74) is 6.83. The molecular formula is C20H29N3O6. The fraction of sp³-hybridized carbons (Fsp3) is 0.500. The molecule has 9 nitrogen and oxygen atoms in total. The third-order valence-corrected chi connectivity index (χ3v) is 4.24. The Balaban J connectivity index is 2.78. The lowest BCUT2D eigenvalue weighted by atomic mass is 10.0. The summed E-state index contributed by atoms with van der Waals surface area (Å²) >= 11 is 0. The van der Waals surface area contributed by atoms with Crippen LogP contribution in [0.3, 0.4) is 0 Å². The van der Waals surface area contributed by atoms with Gasteiger partial charge in [-0.25, -0.2) is 4.79 Å². The van der Waals surface area contributed by atoms with Crippen molar-refractivity contribution < 1.29 is 29.4 Å². The molecule has 0 aromatic heterocycles. The molecule has 0 spiro atoms. The third-order valence-electron chi connectivity index (χ3n) is 4.24. The minimum atomic E-state index is -1.36. The van der Waals surface area contributed by atoms with E-state index in [-0.39, 0.29) is 18.8 Å². The highest BCUT2D eigenvalue weighted by molar-refractivity contribution is 5.92. The summed E-state index contributed by atoms with van der Waals surface area (Å²) in [5, 5.41) is 22.9. The second kappa shape index (κ2) is 11.8. The van der Waals surface area contributed by atoms with Gasteiger partial charge in [0, 0.05) is 6.42 Å². The predicted molar refractivity (Wildman–Crippen MR) is 106 cm³/mol. The summed E-state index contributed by atoms with van der Waals surface area (Å²) in [5.74, 6) is -3.66. The molecule has 0 fully saturated rings. The van der Waals surface area contributed by atoms with Crippen molar-refractivity contribution in [1.82, 2.24) is 10.6 Å². The highest BCUT2D eigenvalue weighted by Gasteiger charge is 2.28. The topological polar surface area (TPSA) is 159 Å². The molecule has 0 bridgehead atoms. The first kappa shape index (κ1) is 24.1. The van der Waals surface area contributed by atoms with Crippen LogP contribution >= 0.6 is 0 Å². The molecule has 2 amide bonds. The normalized spacial score (nSPS) is 13.9. The zero-order chi connectivity index (χ0) is 22.0.